The van der Waals surface area contributed by atoms with E-state index in [-0.39, 0.29) is 23.1 Å². The molecular formula is C25H29FN4O4. The van der Waals surface area contributed by atoms with E-state index in [0.29, 0.717) is 31.4 Å². The van der Waals surface area contributed by atoms with Gasteiger partial charge in [-0.25, -0.2) is 23.5 Å². The molecule has 180 valence electrons. The molecule has 1 aliphatic carbocycles. The lowest BCUT2D eigenvalue weighted by Crippen LogP contribution is -2.45. The third kappa shape index (κ3) is 4.88. The Balaban J connectivity index is 1.70. The van der Waals surface area contributed by atoms with E-state index in [2.05, 4.69) is 10.3 Å². The minimum atomic E-state index is -0.643. The van der Waals surface area contributed by atoms with Crippen molar-refractivity contribution in [2.75, 3.05) is 0 Å². The molecule has 0 unspecified atom stereocenters. The van der Waals surface area contributed by atoms with Gasteiger partial charge in [-0.1, -0.05) is 12.1 Å². The van der Waals surface area contributed by atoms with Gasteiger partial charge in [-0.15, -0.1) is 0 Å². The fraction of sp³-hybridized carbons (Fsp3) is 0.440. The minimum Gasteiger partial charge on any atom is -0.444 e. The molecule has 0 bridgehead atoms. The van der Waals surface area contributed by atoms with Gasteiger partial charge < -0.3 is 10.1 Å². The van der Waals surface area contributed by atoms with Crippen LogP contribution in [0.1, 0.15) is 58.1 Å². The van der Waals surface area contributed by atoms with Crippen LogP contribution >= 0.6 is 0 Å². The first kappa shape index (κ1) is 23.7. The van der Waals surface area contributed by atoms with Crippen LogP contribution in [-0.4, -0.2) is 31.9 Å². The number of rotatable bonds is 3. The van der Waals surface area contributed by atoms with Gasteiger partial charge in [-0.05, 0) is 77.1 Å². The van der Waals surface area contributed by atoms with Gasteiger partial charge in [0.05, 0.1) is 17.3 Å². The topological polar surface area (TPSA) is 95.2 Å². The summed E-state index contributed by atoms with van der Waals surface area (Å²) in [5, 5.41) is 2.92. The van der Waals surface area contributed by atoms with Gasteiger partial charge in [-0.2, -0.15) is 0 Å². The number of hydrogen-bond donors (Lipinski definition) is 1. The first-order valence-corrected chi connectivity index (χ1v) is 11.4. The fourth-order valence-corrected chi connectivity index (χ4v) is 4.46. The normalized spacial score (nSPS) is 18.6. The van der Waals surface area contributed by atoms with Crippen molar-refractivity contribution in [3.8, 4) is 5.69 Å². The van der Waals surface area contributed by atoms with Crippen LogP contribution in [0.15, 0.2) is 46.1 Å². The number of ether oxygens (including phenoxy) is 1. The van der Waals surface area contributed by atoms with Crippen molar-refractivity contribution in [3.63, 3.8) is 0 Å². The van der Waals surface area contributed by atoms with E-state index < -0.39 is 28.8 Å². The third-order valence-corrected chi connectivity index (χ3v) is 5.93. The summed E-state index contributed by atoms with van der Waals surface area (Å²) in [4.78, 5) is 43.1. The second-order valence-electron chi connectivity index (χ2n) is 9.81. The van der Waals surface area contributed by atoms with Gasteiger partial charge in [0, 0.05) is 12.1 Å². The summed E-state index contributed by atoms with van der Waals surface area (Å²) in [7, 11) is 0. The second-order valence-corrected chi connectivity index (χ2v) is 9.81. The summed E-state index contributed by atoms with van der Waals surface area (Å²) in [6.07, 6.45) is 2.71. The highest BCUT2D eigenvalue weighted by molar-refractivity contribution is 5.75. The van der Waals surface area contributed by atoms with E-state index in [1.54, 1.807) is 26.8 Å². The first-order valence-electron chi connectivity index (χ1n) is 11.4. The predicted molar refractivity (Wildman–Crippen MR) is 127 cm³/mol. The highest BCUT2D eigenvalue weighted by Gasteiger charge is 2.29. The monoisotopic (exact) mass is 468 g/mol. The van der Waals surface area contributed by atoms with Crippen molar-refractivity contribution in [1.29, 1.82) is 0 Å². The van der Waals surface area contributed by atoms with Crippen molar-refractivity contribution < 1.29 is 13.9 Å². The number of carbonyl (C=O) groups excluding carboxylic acids is 1. The number of fused-ring (bicyclic) bond motifs is 1. The largest absolute Gasteiger partial charge is 0.444 e. The molecule has 2 aromatic heterocycles. The molecule has 0 saturated heterocycles. The smallest absolute Gasteiger partial charge is 0.407 e. The Morgan fingerprint density at radius 3 is 2.50 bits per heavy atom. The lowest BCUT2D eigenvalue weighted by atomic mass is 9.91. The molecule has 0 spiro atoms. The molecular weight excluding hydrogens is 439 g/mol. The van der Waals surface area contributed by atoms with E-state index in [0.717, 1.165) is 17.8 Å². The van der Waals surface area contributed by atoms with Crippen molar-refractivity contribution >= 4 is 17.1 Å². The molecule has 1 N–H and O–H groups in total. The molecule has 1 aliphatic rings. The minimum absolute atomic E-state index is 0.0510. The van der Waals surface area contributed by atoms with E-state index >= 15 is 0 Å². The van der Waals surface area contributed by atoms with Crippen LogP contribution in [0.25, 0.3) is 16.7 Å². The molecule has 1 aromatic carbocycles. The summed E-state index contributed by atoms with van der Waals surface area (Å²) >= 11 is 0. The lowest BCUT2D eigenvalue weighted by molar-refractivity contribution is 0.0487. The summed E-state index contributed by atoms with van der Waals surface area (Å²) in [5.41, 5.74) is -0.0397. The zero-order chi connectivity index (χ0) is 24.6. The summed E-state index contributed by atoms with van der Waals surface area (Å²) < 4.78 is 21.9. The standard InChI is InChI=1S/C25H29FN4O4/c1-15-6-5-7-19(12-15)29-21-20(13-16(26)14-27-21)22(31)30(24(29)33)18-10-8-17(9-11-18)28-23(32)34-25(2,3)4/h5-7,12-14,17-18H,8-11H2,1-4H3,(H,28,32). The van der Waals surface area contributed by atoms with Crippen molar-refractivity contribution in [2.45, 2.75) is 71.1 Å². The molecule has 9 heteroatoms. The molecule has 2 heterocycles. The second kappa shape index (κ2) is 9.04. The Hall–Kier alpha value is -3.49. The number of alkyl carbamates (subject to hydrolysis) is 1. The zero-order valence-corrected chi connectivity index (χ0v) is 19.8. The van der Waals surface area contributed by atoms with Crippen LogP contribution < -0.4 is 16.6 Å². The number of nitrogens with one attached hydrogen (secondary N) is 1. The van der Waals surface area contributed by atoms with Gasteiger partial charge in [0.1, 0.15) is 11.4 Å². The van der Waals surface area contributed by atoms with Gasteiger partial charge in [0.25, 0.3) is 5.56 Å². The van der Waals surface area contributed by atoms with E-state index in [1.165, 1.54) is 9.13 Å². The molecule has 34 heavy (non-hydrogen) atoms. The Bertz CT molecular complexity index is 1350. The number of benzene rings is 1. The molecule has 4 rings (SSSR count). The number of pyridine rings is 1. The summed E-state index contributed by atoms with van der Waals surface area (Å²) in [6.45, 7) is 7.30. The maximum Gasteiger partial charge on any atom is 0.407 e. The van der Waals surface area contributed by atoms with Crippen molar-refractivity contribution in [3.05, 3.63) is 68.7 Å². The predicted octanol–water partition coefficient (Wildman–Crippen LogP) is 4.00. The maximum absolute atomic E-state index is 14.0. The number of aromatic nitrogens is 3. The van der Waals surface area contributed by atoms with Crippen LogP contribution in [0.2, 0.25) is 0 Å². The number of aryl methyl sites for hydroxylation is 1. The Morgan fingerprint density at radius 2 is 1.85 bits per heavy atom. The molecule has 0 atom stereocenters. The Morgan fingerprint density at radius 1 is 1.15 bits per heavy atom. The molecule has 3 aromatic rings. The summed E-state index contributed by atoms with van der Waals surface area (Å²) in [6, 6.07) is 7.94. The number of hydrogen-bond acceptors (Lipinski definition) is 5. The van der Waals surface area contributed by atoms with Crippen LogP contribution in [-0.2, 0) is 4.74 Å². The van der Waals surface area contributed by atoms with Crippen molar-refractivity contribution in [1.82, 2.24) is 19.4 Å². The average molecular weight is 469 g/mol. The highest BCUT2D eigenvalue weighted by Crippen LogP contribution is 2.27. The molecule has 0 radical (unpaired) electrons. The number of nitrogens with zero attached hydrogens (tertiary/aromatic N) is 3. The van der Waals surface area contributed by atoms with Crippen molar-refractivity contribution in [2.24, 2.45) is 0 Å². The summed E-state index contributed by atoms with van der Waals surface area (Å²) in [5.74, 6) is -0.643. The Labute approximate surface area is 196 Å². The average Bonchev–Trinajstić information content (AvgIpc) is 2.74. The fourth-order valence-electron chi connectivity index (χ4n) is 4.46. The Kier molecular flexibility index (Phi) is 6.29. The zero-order valence-electron chi connectivity index (χ0n) is 19.8. The molecule has 1 amide bonds. The first-order chi connectivity index (χ1) is 16.0. The van der Waals surface area contributed by atoms with Gasteiger partial charge in [-0.3, -0.25) is 9.36 Å². The number of amides is 1. The van der Waals surface area contributed by atoms with Crippen LogP contribution in [0.3, 0.4) is 0 Å². The van der Waals surface area contributed by atoms with E-state index in [9.17, 15) is 18.8 Å². The maximum atomic E-state index is 14.0. The highest BCUT2D eigenvalue weighted by atomic mass is 19.1. The molecule has 0 aliphatic heterocycles. The molecule has 1 saturated carbocycles. The quantitative estimate of drug-likeness (QED) is 0.627. The van der Waals surface area contributed by atoms with Gasteiger partial charge in [0.15, 0.2) is 5.65 Å². The van der Waals surface area contributed by atoms with Crippen LogP contribution in [0.5, 0.6) is 0 Å². The van der Waals surface area contributed by atoms with E-state index in [4.69, 9.17) is 4.74 Å². The SMILES string of the molecule is Cc1cccc(-n2c(=O)n(C3CCC(NC(=O)OC(C)(C)C)CC3)c(=O)c3cc(F)cnc32)c1. The number of carbonyl (C=O) groups is 1. The van der Waals surface area contributed by atoms with E-state index in [1.807, 2.05) is 25.1 Å². The van der Waals surface area contributed by atoms with Crippen LogP contribution in [0, 0.1) is 12.7 Å². The van der Waals surface area contributed by atoms with Gasteiger partial charge >= 0.3 is 11.8 Å². The lowest BCUT2D eigenvalue weighted by Gasteiger charge is -2.31. The van der Waals surface area contributed by atoms with Gasteiger partial charge in [0.2, 0.25) is 0 Å². The molecule has 8 nitrogen and oxygen atoms in total. The third-order valence-electron chi connectivity index (χ3n) is 5.93. The molecule has 1 fully saturated rings. The van der Waals surface area contributed by atoms with Crippen LogP contribution in [0.4, 0.5) is 9.18 Å². The number of halogens is 1.